The predicted octanol–water partition coefficient (Wildman–Crippen LogP) is 4.82. The third kappa shape index (κ3) is 4.48. The summed E-state index contributed by atoms with van der Waals surface area (Å²) in [5.74, 6) is 0.254. The maximum absolute atomic E-state index is 12.1. The Kier molecular flexibility index (Phi) is 5.26. The van der Waals surface area contributed by atoms with Gasteiger partial charge in [-0.3, -0.25) is 4.79 Å². The molecular weight excluding hydrogens is 354 g/mol. The molecule has 0 radical (unpaired) electrons. The van der Waals surface area contributed by atoms with Crippen LogP contribution in [0.4, 0.5) is 5.69 Å². The lowest BCUT2D eigenvalue weighted by Gasteiger charge is -2.16. The Hall–Kier alpha value is -1.52. The number of hydrogen-bond acceptors (Lipinski definition) is 2. The molecule has 0 saturated carbocycles. The van der Waals surface area contributed by atoms with Crippen LogP contribution in [0.2, 0.25) is 5.02 Å². The number of rotatable bonds is 4. The fourth-order valence-electron chi connectivity index (χ4n) is 1.70. The first-order valence-electron chi connectivity index (χ1n) is 6.45. The summed E-state index contributed by atoms with van der Waals surface area (Å²) in [7, 11) is 0. The summed E-state index contributed by atoms with van der Waals surface area (Å²) in [5.41, 5.74) is 1.88. The van der Waals surface area contributed by atoms with Crippen LogP contribution in [0.3, 0.4) is 0 Å². The van der Waals surface area contributed by atoms with Gasteiger partial charge in [-0.15, -0.1) is 0 Å². The van der Waals surface area contributed by atoms with Gasteiger partial charge in [-0.25, -0.2) is 0 Å². The first-order valence-corrected chi connectivity index (χ1v) is 7.62. The van der Waals surface area contributed by atoms with E-state index in [-0.39, 0.29) is 5.91 Å². The van der Waals surface area contributed by atoms with Crippen molar-refractivity contribution in [1.82, 2.24) is 0 Å². The van der Waals surface area contributed by atoms with E-state index in [1.54, 1.807) is 19.1 Å². The zero-order chi connectivity index (χ0) is 15.4. The molecule has 110 valence electrons. The van der Waals surface area contributed by atoms with Crippen molar-refractivity contribution in [3.8, 4) is 5.75 Å². The first-order chi connectivity index (χ1) is 9.95. The van der Waals surface area contributed by atoms with Crippen molar-refractivity contribution in [2.45, 2.75) is 20.0 Å². The Morgan fingerprint density at radius 3 is 2.52 bits per heavy atom. The molecule has 0 fully saturated rings. The summed E-state index contributed by atoms with van der Waals surface area (Å²) in [4.78, 5) is 12.1. The number of carbonyl (C=O) groups is 1. The second-order valence-electron chi connectivity index (χ2n) is 4.69. The van der Waals surface area contributed by atoms with Gasteiger partial charge in [-0.2, -0.15) is 0 Å². The molecule has 0 spiro atoms. The lowest BCUT2D eigenvalue weighted by molar-refractivity contribution is -0.122. The van der Waals surface area contributed by atoms with E-state index in [0.29, 0.717) is 10.8 Å². The number of ether oxygens (including phenoxy) is 1. The van der Waals surface area contributed by atoms with Gasteiger partial charge in [0.2, 0.25) is 0 Å². The Morgan fingerprint density at radius 1 is 1.24 bits per heavy atom. The number of amides is 1. The molecular formula is C16H15BrClNO2. The van der Waals surface area contributed by atoms with Gasteiger partial charge >= 0.3 is 0 Å². The third-order valence-corrected chi connectivity index (χ3v) is 3.67. The number of carbonyl (C=O) groups excluding carboxylic acids is 1. The van der Waals surface area contributed by atoms with Gasteiger partial charge in [0.05, 0.1) is 5.02 Å². The molecule has 0 aliphatic rings. The Morgan fingerprint density at radius 2 is 1.90 bits per heavy atom. The van der Waals surface area contributed by atoms with Gasteiger partial charge in [-0.05, 0) is 44.2 Å². The van der Waals surface area contributed by atoms with E-state index in [0.717, 1.165) is 15.7 Å². The maximum Gasteiger partial charge on any atom is 0.265 e. The van der Waals surface area contributed by atoms with Crippen molar-refractivity contribution in [2.24, 2.45) is 0 Å². The minimum atomic E-state index is -0.648. The number of hydrogen-bond donors (Lipinski definition) is 1. The summed E-state index contributed by atoms with van der Waals surface area (Å²) in [6.07, 6.45) is -0.648. The minimum Gasteiger partial charge on any atom is -0.479 e. The molecule has 5 heteroatoms. The summed E-state index contributed by atoms with van der Waals surface area (Å²) in [6.45, 7) is 3.68. The highest BCUT2D eigenvalue weighted by molar-refractivity contribution is 9.10. The number of aryl methyl sites for hydroxylation is 1. The van der Waals surface area contributed by atoms with Gasteiger partial charge < -0.3 is 10.1 Å². The molecule has 2 aromatic rings. The molecule has 2 aromatic carbocycles. The lowest BCUT2D eigenvalue weighted by Crippen LogP contribution is -2.30. The van der Waals surface area contributed by atoms with E-state index in [4.69, 9.17) is 16.3 Å². The highest BCUT2D eigenvalue weighted by Crippen LogP contribution is 2.28. The first kappa shape index (κ1) is 15.9. The van der Waals surface area contributed by atoms with Crippen LogP contribution in [-0.2, 0) is 4.79 Å². The van der Waals surface area contributed by atoms with Gasteiger partial charge in [0, 0.05) is 10.2 Å². The Balaban J connectivity index is 2.00. The van der Waals surface area contributed by atoms with Crippen LogP contribution in [-0.4, -0.2) is 12.0 Å². The Labute approximate surface area is 137 Å². The molecule has 0 unspecified atom stereocenters. The SMILES string of the molecule is Cc1ccc(NC(=O)[C@@H](C)Oc2ccc(Br)cc2Cl)cc1. The second-order valence-corrected chi connectivity index (χ2v) is 6.01. The maximum atomic E-state index is 12.1. The summed E-state index contributed by atoms with van der Waals surface area (Å²) in [6, 6.07) is 12.8. The molecule has 1 atom stereocenters. The van der Waals surface area contributed by atoms with Crippen molar-refractivity contribution in [1.29, 1.82) is 0 Å². The summed E-state index contributed by atoms with van der Waals surface area (Å²) < 4.78 is 6.45. The van der Waals surface area contributed by atoms with Crippen molar-refractivity contribution in [2.75, 3.05) is 5.32 Å². The van der Waals surface area contributed by atoms with Crippen molar-refractivity contribution in [3.05, 3.63) is 57.5 Å². The Bertz CT molecular complexity index is 643. The molecule has 0 saturated heterocycles. The summed E-state index contributed by atoms with van der Waals surface area (Å²) >= 11 is 9.39. The van der Waals surface area contributed by atoms with Crippen LogP contribution in [0, 0.1) is 6.92 Å². The fourth-order valence-corrected chi connectivity index (χ4v) is 2.41. The van der Waals surface area contributed by atoms with Gasteiger partial charge in [0.25, 0.3) is 5.91 Å². The van der Waals surface area contributed by atoms with Gasteiger partial charge in [0.15, 0.2) is 6.10 Å². The van der Waals surface area contributed by atoms with E-state index < -0.39 is 6.10 Å². The molecule has 1 amide bonds. The molecule has 0 heterocycles. The molecule has 0 aliphatic heterocycles. The largest absolute Gasteiger partial charge is 0.479 e. The predicted molar refractivity (Wildman–Crippen MR) is 89.1 cm³/mol. The lowest BCUT2D eigenvalue weighted by atomic mass is 10.2. The standard InChI is InChI=1S/C16H15BrClNO2/c1-10-3-6-13(7-4-10)19-16(20)11(2)21-15-8-5-12(17)9-14(15)18/h3-9,11H,1-2H3,(H,19,20)/t11-/m1/s1. The van der Waals surface area contributed by atoms with Crippen molar-refractivity contribution >= 4 is 39.1 Å². The number of nitrogens with one attached hydrogen (secondary N) is 1. The molecule has 21 heavy (non-hydrogen) atoms. The minimum absolute atomic E-state index is 0.224. The number of halogens is 2. The number of benzene rings is 2. The van der Waals surface area contributed by atoms with Crippen LogP contribution >= 0.6 is 27.5 Å². The topological polar surface area (TPSA) is 38.3 Å². The van der Waals surface area contributed by atoms with E-state index in [2.05, 4.69) is 21.2 Å². The molecule has 2 rings (SSSR count). The quantitative estimate of drug-likeness (QED) is 0.840. The summed E-state index contributed by atoms with van der Waals surface area (Å²) in [5, 5.41) is 3.26. The zero-order valence-corrected chi connectivity index (χ0v) is 14.0. The highest BCUT2D eigenvalue weighted by Gasteiger charge is 2.16. The zero-order valence-electron chi connectivity index (χ0n) is 11.7. The fraction of sp³-hybridized carbons (Fsp3) is 0.188. The van der Waals surface area contributed by atoms with Crippen LogP contribution in [0.5, 0.6) is 5.75 Å². The molecule has 1 N–H and O–H groups in total. The van der Waals surface area contributed by atoms with Crippen LogP contribution in [0.1, 0.15) is 12.5 Å². The average molecular weight is 369 g/mol. The van der Waals surface area contributed by atoms with E-state index >= 15 is 0 Å². The van der Waals surface area contributed by atoms with Crippen LogP contribution in [0.25, 0.3) is 0 Å². The average Bonchev–Trinajstić information content (AvgIpc) is 2.44. The normalized spacial score (nSPS) is 11.8. The molecule has 0 aromatic heterocycles. The molecule has 3 nitrogen and oxygen atoms in total. The van der Waals surface area contributed by atoms with E-state index in [1.165, 1.54) is 0 Å². The van der Waals surface area contributed by atoms with Crippen molar-refractivity contribution < 1.29 is 9.53 Å². The van der Waals surface area contributed by atoms with Crippen LogP contribution in [0.15, 0.2) is 46.9 Å². The second kappa shape index (κ2) is 6.96. The van der Waals surface area contributed by atoms with Gasteiger partial charge in [-0.1, -0.05) is 45.2 Å². The number of anilines is 1. The highest BCUT2D eigenvalue weighted by atomic mass is 79.9. The van der Waals surface area contributed by atoms with E-state index in [1.807, 2.05) is 37.3 Å². The smallest absolute Gasteiger partial charge is 0.265 e. The van der Waals surface area contributed by atoms with Crippen LogP contribution < -0.4 is 10.1 Å². The molecule has 0 bridgehead atoms. The molecule has 0 aliphatic carbocycles. The van der Waals surface area contributed by atoms with Crippen molar-refractivity contribution in [3.63, 3.8) is 0 Å². The van der Waals surface area contributed by atoms with Gasteiger partial charge in [0.1, 0.15) is 5.75 Å². The monoisotopic (exact) mass is 367 g/mol. The van der Waals surface area contributed by atoms with E-state index in [9.17, 15) is 4.79 Å². The third-order valence-electron chi connectivity index (χ3n) is 2.89.